The molecule has 1 aliphatic heterocycles. The van der Waals surface area contributed by atoms with Gasteiger partial charge in [-0.05, 0) is 12.7 Å². The third kappa shape index (κ3) is 1.66. The second-order valence-corrected chi connectivity index (χ2v) is 5.81. The first-order chi connectivity index (χ1) is 6.71. The first kappa shape index (κ1) is 9.29. The zero-order valence-electron chi connectivity index (χ0n) is 7.97. The van der Waals surface area contributed by atoms with E-state index in [1.807, 2.05) is 43.1 Å². The third-order valence-electron chi connectivity index (χ3n) is 2.15. The molecule has 1 aromatic rings. The van der Waals surface area contributed by atoms with Gasteiger partial charge in [0.15, 0.2) is 7.14 Å². The zero-order valence-corrected chi connectivity index (χ0v) is 8.87. The van der Waals surface area contributed by atoms with Gasteiger partial charge in [-0.25, -0.2) is 0 Å². The first-order valence-electron chi connectivity index (χ1n) is 4.49. The smallest absolute Gasteiger partial charge is 0.160 e. The average Bonchev–Trinajstić information content (AvgIpc) is 2.19. The van der Waals surface area contributed by atoms with Crippen LogP contribution in [-0.4, -0.2) is 0 Å². The van der Waals surface area contributed by atoms with Gasteiger partial charge in [-0.15, -0.1) is 0 Å². The van der Waals surface area contributed by atoms with Gasteiger partial charge in [-0.1, -0.05) is 30.3 Å². The van der Waals surface area contributed by atoms with Gasteiger partial charge >= 0.3 is 0 Å². The zero-order chi connectivity index (χ0) is 10.0. The molecule has 0 aromatic heterocycles. The molecule has 0 spiro atoms. The predicted octanol–water partition coefficient (Wildman–Crippen LogP) is 2.61. The van der Waals surface area contributed by atoms with Gasteiger partial charge in [0, 0.05) is 23.0 Å². The fourth-order valence-corrected chi connectivity index (χ4v) is 3.46. The fraction of sp³-hybridized carbons (Fsp3) is 0.0909. The van der Waals surface area contributed by atoms with Crippen molar-refractivity contribution in [2.75, 3.05) is 0 Å². The van der Waals surface area contributed by atoms with Crippen LogP contribution < -0.4 is 10.6 Å². The molecule has 1 aromatic carbocycles. The van der Waals surface area contributed by atoms with E-state index in [0.29, 0.717) is 0 Å². The normalized spacial score (nSPS) is 25.4. The molecule has 1 atom stereocenters. The second kappa shape index (κ2) is 3.47. The van der Waals surface area contributed by atoms with Crippen LogP contribution in [-0.2, 0) is 4.57 Å². The molecule has 0 saturated carbocycles. The van der Waals surface area contributed by atoms with Crippen molar-refractivity contribution in [1.82, 2.24) is 5.32 Å². The van der Waals surface area contributed by atoms with Crippen LogP contribution in [0, 0.1) is 0 Å². The highest BCUT2D eigenvalue weighted by Crippen LogP contribution is 2.49. The van der Waals surface area contributed by atoms with Gasteiger partial charge < -0.3 is 9.88 Å². The summed E-state index contributed by atoms with van der Waals surface area (Å²) in [5.74, 6) is 3.55. The summed E-state index contributed by atoms with van der Waals surface area (Å²) in [5, 5.41) is 3.90. The lowest BCUT2D eigenvalue weighted by molar-refractivity contribution is 0.591. The SMILES string of the molecule is CC1=CP(=O)(c2ccccc2)C=CN1. The van der Waals surface area contributed by atoms with Crippen molar-refractivity contribution in [1.29, 1.82) is 0 Å². The van der Waals surface area contributed by atoms with Crippen molar-refractivity contribution < 1.29 is 4.57 Å². The molecule has 1 N–H and O–H groups in total. The van der Waals surface area contributed by atoms with E-state index in [9.17, 15) is 4.57 Å². The van der Waals surface area contributed by atoms with Crippen molar-refractivity contribution in [2.45, 2.75) is 6.92 Å². The minimum Gasteiger partial charge on any atom is -0.365 e. The molecule has 2 rings (SSSR count). The number of rotatable bonds is 1. The summed E-state index contributed by atoms with van der Waals surface area (Å²) in [7, 11) is -2.43. The van der Waals surface area contributed by atoms with E-state index in [-0.39, 0.29) is 0 Å². The molecule has 0 aliphatic carbocycles. The topological polar surface area (TPSA) is 29.1 Å². The lowest BCUT2D eigenvalue weighted by Gasteiger charge is -2.16. The molecule has 0 saturated heterocycles. The van der Waals surface area contributed by atoms with Crippen molar-refractivity contribution in [3.8, 4) is 0 Å². The van der Waals surface area contributed by atoms with Gasteiger partial charge in [0.1, 0.15) is 0 Å². The molecule has 72 valence electrons. The highest BCUT2D eigenvalue weighted by Gasteiger charge is 2.20. The summed E-state index contributed by atoms with van der Waals surface area (Å²) in [5.41, 5.74) is 0.944. The van der Waals surface area contributed by atoms with E-state index >= 15 is 0 Å². The third-order valence-corrected chi connectivity index (χ3v) is 4.62. The van der Waals surface area contributed by atoms with Crippen LogP contribution in [0.5, 0.6) is 0 Å². The minimum absolute atomic E-state index is 0.886. The van der Waals surface area contributed by atoms with E-state index in [1.54, 1.807) is 12.0 Å². The molecule has 3 heteroatoms. The molecular formula is C11H12NOP. The monoisotopic (exact) mass is 205 g/mol. The number of allylic oxidation sites excluding steroid dienone is 1. The molecule has 0 fully saturated rings. The standard InChI is InChI=1S/C11H12NOP/c1-10-9-14(13,8-7-12-10)11-5-3-2-4-6-11/h2-9,12H,1H3. The lowest BCUT2D eigenvalue weighted by Crippen LogP contribution is -2.09. The van der Waals surface area contributed by atoms with Gasteiger partial charge in [0.05, 0.1) is 0 Å². The Kier molecular flexibility index (Phi) is 2.30. The summed E-state index contributed by atoms with van der Waals surface area (Å²) < 4.78 is 12.4. The van der Waals surface area contributed by atoms with Crippen LogP contribution in [0.2, 0.25) is 0 Å². The van der Waals surface area contributed by atoms with Gasteiger partial charge in [-0.3, -0.25) is 0 Å². The Bertz CT molecular complexity index is 434. The maximum atomic E-state index is 12.4. The Morgan fingerprint density at radius 3 is 2.57 bits per heavy atom. The maximum Gasteiger partial charge on any atom is 0.160 e. The van der Waals surface area contributed by atoms with E-state index in [2.05, 4.69) is 5.32 Å². The highest BCUT2D eigenvalue weighted by molar-refractivity contribution is 7.77. The molecule has 1 unspecified atom stereocenters. The second-order valence-electron chi connectivity index (χ2n) is 3.32. The summed E-state index contributed by atoms with van der Waals surface area (Å²) >= 11 is 0. The Morgan fingerprint density at radius 1 is 1.21 bits per heavy atom. The molecule has 14 heavy (non-hydrogen) atoms. The number of benzene rings is 1. The molecule has 0 radical (unpaired) electrons. The minimum atomic E-state index is -2.43. The van der Waals surface area contributed by atoms with E-state index < -0.39 is 7.14 Å². The van der Waals surface area contributed by atoms with E-state index in [0.717, 1.165) is 11.0 Å². The molecule has 2 nitrogen and oxygen atoms in total. The van der Waals surface area contributed by atoms with Crippen molar-refractivity contribution in [3.63, 3.8) is 0 Å². The highest BCUT2D eigenvalue weighted by atomic mass is 31.2. The van der Waals surface area contributed by atoms with Crippen LogP contribution in [0.1, 0.15) is 6.92 Å². The maximum absolute atomic E-state index is 12.4. The summed E-state index contributed by atoms with van der Waals surface area (Å²) in [6.07, 6.45) is 1.75. The molecule has 0 bridgehead atoms. The van der Waals surface area contributed by atoms with Gasteiger partial charge in [-0.2, -0.15) is 0 Å². The van der Waals surface area contributed by atoms with Gasteiger partial charge in [0.2, 0.25) is 0 Å². The number of hydrogen-bond donors (Lipinski definition) is 1. The summed E-state index contributed by atoms with van der Waals surface area (Å²) in [6.45, 7) is 1.92. The van der Waals surface area contributed by atoms with Crippen molar-refractivity contribution in [3.05, 3.63) is 53.9 Å². The van der Waals surface area contributed by atoms with Crippen LogP contribution in [0.15, 0.2) is 53.9 Å². The van der Waals surface area contributed by atoms with Crippen LogP contribution >= 0.6 is 7.14 Å². The quantitative estimate of drug-likeness (QED) is 0.714. The van der Waals surface area contributed by atoms with Crippen LogP contribution in [0.4, 0.5) is 0 Å². The van der Waals surface area contributed by atoms with E-state index in [4.69, 9.17) is 0 Å². The van der Waals surface area contributed by atoms with Crippen molar-refractivity contribution >= 4 is 12.4 Å². The van der Waals surface area contributed by atoms with E-state index in [1.165, 1.54) is 0 Å². The molecular weight excluding hydrogens is 193 g/mol. The average molecular weight is 205 g/mol. The fourth-order valence-electron chi connectivity index (χ4n) is 1.47. The van der Waals surface area contributed by atoms with Crippen molar-refractivity contribution in [2.24, 2.45) is 0 Å². The van der Waals surface area contributed by atoms with Gasteiger partial charge in [0.25, 0.3) is 0 Å². The molecule has 1 aliphatic rings. The van der Waals surface area contributed by atoms with Crippen LogP contribution in [0.3, 0.4) is 0 Å². The lowest BCUT2D eigenvalue weighted by atomic mass is 10.4. The van der Waals surface area contributed by atoms with Crippen LogP contribution in [0.25, 0.3) is 0 Å². The summed E-state index contributed by atoms with van der Waals surface area (Å²) in [4.78, 5) is 0. The Balaban J connectivity index is 2.48. The first-order valence-corrected chi connectivity index (χ1v) is 6.34. The Hall–Kier alpha value is -1.27. The predicted molar refractivity (Wildman–Crippen MR) is 59.7 cm³/mol. The Morgan fingerprint density at radius 2 is 1.93 bits per heavy atom. The largest absolute Gasteiger partial charge is 0.365 e. The Labute approximate surface area is 83.7 Å². The number of hydrogen-bond acceptors (Lipinski definition) is 2. The molecule has 0 amide bonds. The number of nitrogens with one attached hydrogen (secondary N) is 1. The molecule has 1 heterocycles. The summed E-state index contributed by atoms with van der Waals surface area (Å²) in [6, 6.07) is 9.56.